The molecule has 1 unspecified atom stereocenters. The summed E-state index contributed by atoms with van der Waals surface area (Å²) in [5.41, 5.74) is -0.708. The third-order valence-electron chi connectivity index (χ3n) is 2.90. The zero-order valence-electron chi connectivity index (χ0n) is 8.91. The molecule has 2 atom stereocenters. The van der Waals surface area contributed by atoms with Gasteiger partial charge in [-0.05, 0) is 12.1 Å². The Morgan fingerprint density at radius 1 is 1.28 bits per heavy atom. The van der Waals surface area contributed by atoms with Gasteiger partial charge in [0.05, 0.1) is 0 Å². The number of hydrogen-bond donors (Lipinski definition) is 2. The number of carboxylic acids is 1. The monoisotopic (exact) mass is 259 g/mol. The second-order valence-corrected chi connectivity index (χ2v) is 3.92. The van der Waals surface area contributed by atoms with Gasteiger partial charge in [0, 0.05) is 18.0 Å². The van der Waals surface area contributed by atoms with Crippen LogP contribution in [-0.4, -0.2) is 23.5 Å². The van der Waals surface area contributed by atoms with Crippen LogP contribution in [0.5, 0.6) is 0 Å². The lowest BCUT2D eigenvalue weighted by molar-refractivity contribution is -0.145. The molecule has 2 N–H and O–H groups in total. The van der Waals surface area contributed by atoms with E-state index in [1.54, 1.807) is 0 Å². The van der Waals surface area contributed by atoms with Crippen molar-refractivity contribution in [3.05, 3.63) is 35.1 Å². The summed E-state index contributed by atoms with van der Waals surface area (Å²) in [6, 6.07) is 1.31. The molecule has 0 radical (unpaired) electrons. The van der Waals surface area contributed by atoms with Crippen molar-refractivity contribution in [3.8, 4) is 0 Å². The van der Waals surface area contributed by atoms with Crippen LogP contribution in [0.3, 0.4) is 0 Å². The van der Waals surface area contributed by atoms with Gasteiger partial charge < -0.3 is 10.4 Å². The highest BCUT2D eigenvalue weighted by molar-refractivity contribution is 5.99. The van der Waals surface area contributed by atoms with E-state index in [1.807, 2.05) is 0 Å². The van der Waals surface area contributed by atoms with Crippen LogP contribution in [0.15, 0.2) is 12.1 Å². The molecule has 0 saturated carbocycles. The normalized spacial score (nSPS) is 22.9. The van der Waals surface area contributed by atoms with Gasteiger partial charge >= 0.3 is 5.97 Å². The molecule has 0 aliphatic carbocycles. The number of amides is 1. The van der Waals surface area contributed by atoms with Crippen molar-refractivity contribution in [1.82, 2.24) is 5.32 Å². The summed E-state index contributed by atoms with van der Waals surface area (Å²) < 4.78 is 40.1. The predicted molar refractivity (Wildman–Crippen MR) is 53.2 cm³/mol. The van der Waals surface area contributed by atoms with E-state index in [0.717, 1.165) is 0 Å². The largest absolute Gasteiger partial charge is 0.481 e. The number of rotatable bonds is 2. The molecule has 1 heterocycles. The topological polar surface area (TPSA) is 66.4 Å². The molecular formula is C11H8F3NO3. The van der Waals surface area contributed by atoms with E-state index in [4.69, 9.17) is 5.11 Å². The summed E-state index contributed by atoms with van der Waals surface area (Å²) in [4.78, 5) is 22.2. The second-order valence-electron chi connectivity index (χ2n) is 3.92. The SMILES string of the molecule is O=C(O)C1C(=O)NC[C@H]1c1c(F)ccc(F)c1F. The number of nitrogens with one attached hydrogen (secondary N) is 1. The van der Waals surface area contributed by atoms with Crippen molar-refractivity contribution in [2.45, 2.75) is 5.92 Å². The van der Waals surface area contributed by atoms with Gasteiger partial charge in [-0.25, -0.2) is 13.2 Å². The van der Waals surface area contributed by atoms with E-state index in [2.05, 4.69) is 5.32 Å². The van der Waals surface area contributed by atoms with Crippen LogP contribution >= 0.6 is 0 Å². The van der Waals surface area contributed by atoms with Crippen LogP contribution in [0.2, 0.25) is 0 Å². The van der Waals surface area contributed by atoms with Crippen molar-refractivity contribution < 1.29 is 27.9 Å². The van der Waals surface area contributed by atoms with Crippen LogP contribution in [0.1, 0.15) is 11.5 Å². The van der Waals surface area contributed by atoms with Crippen LogP contribution in [0.4, 0.5) is 13.2 Å². The van der Waals surface area contributed by atoms with E-state index in [-0.39, 0.29) is 6.54 Å². The number of carbonyl (C=O) groups excluding carboxylic acids is 1. The Morgan fingerprint density at radius 3 is 2.50 bits per heavy atom. The average Bonchev–Trinajstić information content (AvgIpc) is 2.66. The molecule has 96 valence electrons. The number of aliphatic carboxylic acids is 1. The minimum atomic E-state index is -1.62. The summed E-state index contributed by atoms with van der Waals surface area (Å²) in [5.74, 6) is -9.02. The fourth-order valence-corrected chi connectivity index (χ4v) is 2.06. The molecule has 1 aromatic rings. The van der Waals surface area contributed by atoms with Gasteiger partial charge in [0.15, 0.2) is 11.6 Å². The van der Waals surface area contributed by atoms with Crippen molar-refractivity contribution >= 4 is 11.9 Å². The van der Waals surface area contributed by atoms with Gasteiger partial charge in [-0.2, -0.15) is 0 Å². The molecule has 18 heavy (non-hydrogen) atoms. The van der Waals surface area contributed by atoms with E-state index in [0.29, 0.717) is 12.1 Å². The minimum absolute atomic E-state index is 0.243. The molecule has 1 aliphatic heterocycles. The molecule has 1 amide bonds. The molecule has 1 aromatic carbocycles. The maximum absolute atomic E-state index is 13.5. The van der Waals surface area contributed by atoms with Crippen LogP contribution in [0.25, 0.3) is 0 Å². The molecule has 1 aliphatic rings. The zero-order chi connectivity index (χ0) is 13.4. The molecule has 7 heteroatoms. The van der Waals surface area contributed by atoms with Gasteiger partial charge in [-0.15, -0.1) is 0 Å². The molecule has 1 saturated heterocycles. The van der Waals surface area contributed by atoms with Crippen molar-refractivity contribution in [1.29, 1.82) is 0 Å². The van der Waals surface area contributed by atoms with E-state index < -0.39 is 46.7 Å². The first-order valence-corrected chi connectivity index (χ1v) is 5.07. The molecule has 2 rings (SSSR count). The maximum Gasteiger partial charge on any atom is 0.316 e. The smallest absolute Gasteiger partial charge is 0.316 e. The van der Waals surface area contributed by atoms with Gasteiger partial charge in [0.25, 0.3) is 0 Å². The Labute approximate surface area is 99.4 Å². The molecule has 4 nitrogen and oxygen atoms in total. The second kappa shape index (κ2) is 4.32. The lowest BCUT2D eigenvalue weighted by atomic mass is 9.88. The van der Waals surface area contributed by atoms with Gasteiger partial charge in [0.2, 0.25) is 5.91 Å². The lowest BCUT2D eigenvalue weighted by Crippen LogP contribution is -2.27. The highest BCUT2D eigenvalue weighted by atomic mass is 19.2. The third kappa shape index (κ3) is 1.81. The first kappa shape index (κ1) is 12.4. The molecule has 0 spiro atoms. The Morgan fingerprint density at radius 2 is 1.89 bits per heavy atom. The van der Waals surface area contributed by atoms with Crippen molar-refractivity contribution in [2.75, 3.05) is 6.54 Å². The number of hydrogen-bond acceptors (Lipinski definition) is 2. The van der Waals surface area contributed by atoms with Gasteiger partial charge in [-0.1, -0.05) is 0 Å². The van der Waals surface area contributed by atoms with Crippen molar-refractivity contribution in [3.63, 3.8) is 0 Å². The van der Waals surface area contributed by atoms with Gasteiger partial charge in [0.1, 0.15) is 11.7 Å². The fraction of sp³-hybridized carbons (Fsp3) is 0.273. The Bertz CT molecular complexity index is 533. The van der Waals surface area contributed by atoms with E-state index in [1.165, 1.54) is 0 Å². The molecular weight excluding hydrogens is 251 g/mol. The Hall–Kier alpha value is -2.05. The standard InChI is InChI=1S/C11H8F3NO3/c12-5-1-2-6(13)9(14)7(5)4-3-15-10(16)8(4)11(17)18/h1-2,4,8H,3H2,(H,15,16)(H,17,18)/t4-,8?/m0/s1. The summed E-state index contributed by atoms with van der Waals surface area (Å²) in [6.45, 7) is -0.243. The minimum Gasteiger partial charge on any atom is -0.481 e. The number of benzene rings is 1. The lowest BCUT2D eigenvalue weighted by Gasteiger charge is -2.15. The molecule has 1 fully saturated rings. The van der Waals surface area contributed by atoms with Gasteiger partial charge in [-0.3, -0.25) is 9.59 Å². The van der Waals surface area contributed by atoms with E-state index in [9.17, 15) is 22.8 Å². The summed E-state index contributed by atoms with van der Waals surface area (Å²) in [5, 5.41) is 11.1. The quantitative estimate of drug-likeness (QED) is 0.615. The average molecular weight is 259 g/mol. The van der Waals surface area contributed by atoms with Crippen LogP contribution in [-0.2, 0) is 9.59 Å². The third-order valence-corrected chi connectivity index (χ3v) is 2.90. The highest BCUT2D eigenvalue weighted by Crippen LogP contribution is 2.33. The van der Waals surface area contributed by atoms with Crippen molar-refractivity contribution in [2.24, 2.45) is 5.92 Å². The number of carboxylic acid groups (broad SMARTS) is 1. The highest BCUT2D eigenvalue weighted by Gasteiger charge is 2.43. The number of halogens is 3. The Kier molecular flexibility index (Phi) is 2.98. The summed E-state index contributed by atoms with van der Waals surface area (Å²) >= 11 is 0. The Balaban J connectivity index is 2.52. The fourth-order valence-electron chi connectivity index (χ4n) is 2.06. The first-order chi connectivity index (χ1) is 8.43. The predicted octanol–water partition coefficient (Wildman–Crippen LogP) is 1.02. The van der Waals surface area contributed by atoms with Crippen LogP contribution in [0, 0.1) is 23.4 Å². The van der Waals surface area contributed by atoms with E-state index >= 15 is 0 Å². The molecule has 0 bridgehead atoms. The summed E-state index contributed by atoms with van der Waals surface area (Å²) in [7, 11) is 0. The maximum atomic E-state index is 13.5. The van der Waals surface area contributed by atoms with Crippen LogP contribution < -0.4 is 5.32 Å². The first-order valence-electron chi connectivity index (χ1n) is 5.07. The zero-order valence-corrected chi connectivity index (χ0v) is 8.91. The number of carbonyl (C=O) groups is 2. The molecule has 0 aromatic heterocycles. The summed E-state index contributed by atoms with van der Waals surface area (Å²) in [6.07, 6.45) is 0.